The molecule has 3 aromatic rings. The number of H-pyrrole nitrogens is 1. The molecule has 4 nitrogen and oxygen atoms in total. The molecule has 0 unspecified atom stereocenters. The first-order valence-electron chi connectivity index (χ1n) is 7.32. The maximum absolute atomic E-state index is 5.97. The summed E-state index contributed by atoms with van der Waals surface area (Å²) in [5.41, 5.74) is 11.5. The van der Waals surface area contributed by atoms with E-state index in [0.29, 0.717) is 12.5 Å². The lowest BCUT2D eigenvalue weighted by Crippen LogP contribution is -2.22. The van der Waals surface area contributed by atoms with Crippen LogP contribution in [0.3, 0.4) is 0 Å². The molecular formula is C18H21IN4. The zero-order valence-electron chi connectivity index (χ0n) is 13.3. The summed E-state index contributed by atoms with van der Waals surface area (Å²) in [5.74, 6) is 0.420. The second-order valence-electron chi connectivity index (χ2n) is 5.58. The number of aliphatic imine (C=N–C) groups is 1. The molecule has 2 aromatic carbocycles. The number of hydrogen-bond acceptors (Lipinski definition) is 1. The van der Waals surface area contributed by atoms with Crippen LogP contribution in [0.15, 0.2) is 53.5 Å². The molecule has 0 bridgehead atoms. The van der Waals surface area contributed by atoms with Crippen LogP contribution in [0.2, 0.25) is 0 Å². The molecule has 0 saturated carbocycles. The summed E-state index contributed by atoms with van der Waals surface area (Å²) in [6, 6.07) is 16.5. The van der Waals surface area contributed by atoms with Gasteiger partial charge in [0.05, 0.1) is 6.54 Å². The molecule has 120 valence electrons. The van der Waals surface area contributed by atoms with Gasteiger partial charge in [-0.15, -0.1) is 24.0 Å². The van der Waals surface area contributed by atoms with E-state index < -0.39 is 0 Å². The molecule has 0 aliphatic carbocycles. The van der Waals surface area contributed by atoms with Crippen LogP contribution in [0.1, 0.15) is 16.8 Å². The Morgan fingerprint density at radius 1 is 1.09 bits per heavy atom. The number of anilines is 1. The minimum absolute atomic E-state index is 0. The number of benzene rings is 2. The molecule has 0 spiro atoms. The number of fused-ring (bicyclic) bond motifs is 1. The lowest BCUT2D eigenvalue weighted by molar-refractivity contribution is 1.01. The molecule has 0 aliphatic heterocycles. The highest BCUT2D eigenvalue weighted by molar-refractivity contribution is 14.0. The van der Waals surface area contributed by atoms with Crippen LogP contribution in [0.5, 0.6) is 0 Å². The van der Waals surface area contributed by atoms with Gasteiger partial charge in [0.2, 0.25) is 0 Å². The van der Waals surface area contributed by atoms with E-state index in [-0.39, 0.29) is 24.0 Å². The van der Waals surface area contributed by atoms with Crippen LogP contribution in [0, 0.1) is 13.8 Å². The summed E-state index contributed by atoms with van der Waals surface area (Å²) in [6.07, 6.45) is 0. The van der Waals surface area contributed by atoms with E-state index >= 15 is 0 Å². The largest absolute Gasteiger partial charge is 0.370 e. The smallest absolute Gasteiger partial charge is 0.193 e. The van der Waals surface area contributed by atoms with E-state index in [4.69, 9.17) is 5.73 Å². The van der Waals surface area contributed by atoms with Crippen molar-refractivity contribution in [1.82, 2.24) is 4.98 Å². The molecule has 1 heterocycles. The van der Waals surface area contributed by atoms with Gasteiger partial charge in [-0.05, 0) is 54.6 Å². The number of para-hydroxylation sites is 1. The van der Waals surface area contributed by atoms with E-state index in [2.05, 4.69) is 65.5 Å². The van der Waals surface area contributed by atoms with Crippen molar-refractivity contribution in [3.8, 4) is 0 Å². The number of nitrogens with two attached hydrogens (primary N) is 1. The predicted molar refractivity (Wildman–Crippen MR) is 109 cm³/mol. The maximum Gasteiger partial charge on any atom is 0.193 e. The summed E-state index contributed by atoms with van der Waals surface area (Å²) in [5, 5.41) is 4.33. The summed E-state index contributed by atoms with van der Waals surface area (Å²) in [7, 11) is 0. The van der Waals surface area contributed by atoms with Crippen molar-refractivity contribution in [2.45, 2.75) is 20.4 Å². The SMILES string of the molecule is Cc1cc(C)cc(NC(N)=NCc2cc3ccccc3[nH]2)c1.I. The first-order valence-corrected chi connectivity index (χ1v) is 7.32. The lowest BCUT2D eigenvalue weighted by Gasteiger charge is -2.07. The van der Waals surface area contributed by atoms with Gasteiger partial charge in [-0.2, -0.15) is 0 Å². The zero-order chi connectivity index (χ0) is 15.5. The summed E-state index contributed by atoms with van der Waals surface area (Å²) >= 11 is 0. The van der Waals surface area contributed by atoms with Gasteiger partial charge in [0, 0.05) is 16.9 Å². The fourth-order valence-electron chi connectivity index (χ4n) is 2.62. The van der Waals surface area contributed by atoms with Gasteiger partial charge in [-0.25, -0.2) is 4.99 Å². The normalized spacial score (nSPS) is 11.3. The molecule has 0 saturated heterocycles. The molecule has 0 atom stereocenters. The van der Waals surface area contributed by atoms with Crippen LogP contribution in [0.4, 0.5) is 5.69 Å². The molecule has 0 aliphatic rings. The van der Waals surface area contributed by atoms with Crippen molar-refractivity contribution >= 4 is 46.5 Å². The number of rotatable bonds is 3. The van der Waals surface area contributed by atoms with Crippen LogP contribution >= 0.6 is 24.0 Å². The monoisotopic (exact) mass is 420 g/mol. The number of hydrogen-bond donors (Lipinski definition) is 3. The second-order valence-corrected chi connectivity index (χ2v) is 5.58. The van der Waals surface area contributed by atoms with Crippen LogP contribution in [0.25, 0.3) is 10.9 Å². The highest BCUT2D eigenvalue weighted by Crippen LogP contribution is 2.16. The number of nitrogens with zero attached hydrogens (tertiary/aromatic N) is 1. The molecule has 4 N–H and O–H groups in total. The fourth-order valence-corrected chi connectivity index (χ4v) is 2.62. The van der Waals surface area contributed by atoms with Crippen molar-refractivity contribution in [2.24, 2.45) is 10.7 Å². The van der Waals surface area contributed by atoms with Gasteiger partial charge in [0.1, 0.15) is 0 Å². The van der Waals surface area contributed by atoms with Crippen LogP contribution in [-0.2, 0) is 6.54 Å². The molecule has 0 fully saturated rings. The number of aryl methyl sites for hydroxylation is 2. The van der Waals surface area contributed by atoms with Crippen molar-refractivity contribution in [3.05, 3.63) is 65.4 Å². The minimum Gasteiger partial charge on any atom is -0.370 e. The van der Waals surface area contributed by atoms with Gasteiger partial charge in [-0.3, -0.25) is 0 Å². The Morgan fingerprint density at radius 3 is 2.48 bits per heavy atom. The highest BCUT2D eigenvalue weighted by Gasteiger charge is 2.01. The molecule has 5 heteroatoms. The average molecular weight is 420 g/mol. The van der Waals surface area contributed by atoms with Crippen molar-refractivity contribution in [1.29, 1.82) is 0 Å². The third-order valence-corrected chi connectivity index (χ3v) is 3.50. The quantitative estimate of drug-likeness (QED) is 0.336. The van der Waals surface area contributed by atoms with E-state index in [1.165, 1.54) is 16.5 Å². The topological polar surface area (TPSA) is 66.2 Å². The minimum atomic E-state index is 0. The number of aromatic nitrogens is 1. The van der Waals surface area contributed by atoms with E-state index in [1.807, 2.05) is 12.1 Å². The van der Waals surface area contributed by atoms with Gasteiger partial charge < -0.3 is 16.0 Å². The van der Waals surface area contributed by atoms with E-state index in [9.17, 15) is 0 Å². The lowest BCUT2D eigenvalue weighted by atomic mass is 10.1. The standard InChI is InChI=1S/C18H20N4.HI/c1-12-7-13(2)9-15(8-12)22-18(19)20-11-16-10-14-5-3-4-6-17(14)21-16;/h3-10,21H,11H2,1-2H3,(H3,19,20,22);1H. The molecule has 1 aromatic heterocycles. The fraction of sp³-hybridized carbons (Fsp3) is 0.167. The molecule has 23 heavy (non-hydrogen) atoms. The second kappa shape index (κ2) is 7.50. The van der Waals surface area contributed by atoms with Crippen molar-refractivity contribution in [2.75, 3.05) is 5.32 Å². The Labute approximate surface area is 153 Å². The van der Waals surface area contributed by atoms with Gasteiger partial charge in [-0.1, -0.05) is 24.3 Å². The van der Waals surface area contributed by atoms with Gasteiger partial charge >= 0.3 is 0 Å². The molecule has 0 amide bonds. The van der Waals surface area contributed by atoms with Gasteiger partial charge in [0.15, 0.2) is 5.96 Å². The maximum atomic E-state index is 5.97. The Bertz CT molecular complexity index is 783. The van der Waals surface area contributed by atoms with E-state index in [1.54, 1.807) is 0 Å². The number of nitrogens with one attached hydrogen (secondary N) is 2. The highest BCUT2D eigenvalue weighted by atomic mass is 127. The van der Waals surface area contributed by atoms with Crippen LogP contribution in [-0.4, -0.2) is 10.9 Å². The number of halogens is 1. The Balaban J connectivity index is 0.00000192. The van der Waals surface area contributed by atoms with Crippen molar-refractivity contribution < 1.29 is 0 Å². The number of guanidine groups is 1. The Morgan fingerprint density at radius 2 is 1.78 bits per heavy atom. The van der Waals surface area contributed by atoms with Crippen molar-refractivity contribution in [3.63, 3.8) is 0 Å². The summed E-state index contributed by atoms with van der Waals surface area (Å²) in [4.78, 5) is 7.74. The predicted octanol–water partition coefficient (Wildman–Crippen LogP) is 4.33. The summed E-state index contributed by atoms with van der Waals surface area (Å²) < 4.78 is 0. The third kappa shape index (κ3) is 4.48. The van der Waals surface area contributed by atoms with Gasteiger partial charge in [0.25, 0.3) is 0 Å². The third-order valence-electron chi connectivity index (χ3n) is 3.50. The zero-order valence-corrected chi connectivity index (χ0v) is 15.6. The Kier molecular flexibility index (Phi) is 5.65. The van der Waals surface area contributed by atoms with Crippen LogP contribution < -0.4 is 11.1 Å². The summed E-state index contributed by atoms with van der Waals surface area (Å²) in [6.45, 7) is 4.66. The number of aromatic amines is 1. The average Bonchev–Trinajstić information content (AvgIpc) is 2.87. The Hall–Kier alpha value is -2.02. The first-order chi connectivity index (χ1) is 10.6. The molecule has 3 rings (SSSR count). The first kappa shape index (κ1) is 17.3. The van der Waals surface area contributed by atoms with E-state index in [0.717, 1.165) is 16.9 Å². The molecule has 0 radical (unpaired) electrons. The molecular weight excluding hydrogens is 399 g/mol.